The summed E-state index contributed by atoms with van der Waals surface area (Å²) in [6, 6.07) is 3.55. The number of ether oxygens (including phenoxy) is 1. The Bertz CT molecular complexity index is 339. The van der Waals surface area contributed by atoms with Crippen LogP contribution < -0.4 is 5.32 Å². The van der Waals surface area contributed by atoms with Crippen LogP contribution in [0.15, 0.2) is 18.3 Å². The second-order valence-corrected chi connectivity index (χ2v) is 3.42. The van der Waals surface area contributed by atoms with Crippen molar-refractivity contribution >= 4 is 17.7 Å². The van der Waals surface area contributed by atoms with Gasteiger partial charge in [0.1, 0.15) is 5.15 Å². The summed E-state index contributed by atoms with van der Waals surface area (Å²) in [4.78, 5) is 14.9. The minimum Gasteiger partial charge on any atom is -0.449 e. The van der Waals surface area contributed by atoms with Crippen LogP contribution in [-0.2, 0) is 4.74 Å². The first-order chi connectivity index (χ1) is 6.75. The summed E-state index contributed by atoms with van der Waals surface area (Å²) >= 11 is 5.66. The number of alkyl carbamates (subject to hydrolysis) is 1. The summed E-state index contributed by atoms with van der Waals surface area (Å²) in [6.07, 6.45) is 2.05. The van der Waals surface area contributed by atoms with Gasteiger partial charge in [-0.15, -0.1) is 0 Å². The minimum absolute atomic E-state index is 0.0129. The van der Waals surface area contributed by atoms with Crippen molar-refractivity contribution in [3.8, 4) is 0 Å². The number of rotatable bonds is 1. The molecule has 0 radical (unpaired) electrons. The van der Waals surface area contributed by atoms with E-state index < -0.39 is 0 Å². The van der Waals surface area contributed by atoms with Crippen molar-refractivity contribution in [1.82, 2.24) is 10.3 Å². The lowest BCUT2D eigenvalue weighted by Crippen LogP contribution is -2.35. The molecule has 2 rings (SSSR count). The molecule has 1 amide bonds. The van der Waals surface area contributed by atoms with Crippen LogP contribution in [0.4, 0.5) is 4.79 Å². The first kappa shape index (κ1) is 9.27. The zero-order valence-corrected chi connectivity index (χ0v) is 8.12. The van der Waals surface area contributed by atoms with Crippen molar-refractivity contribution in [3.05, 3.63) is 29.0 Å². The third kappa shape index (κ3) is 1.96. The van der Waals surface area contributed by atoms with Crippen LogP contribution in [0.2, 0.25) is 5.15 Å². The number of halogens is 1. The van der Waals surface area contributed by atoms with Crippen molar-refractivity contribution in [1.29, 1.82) is 0 Å². The molecule has 1 aliphatic heterocycles. The number of nitrogens with zero attached hydrogens (tertiary/aromatic N) is 1. The van der Waals surface area contributed by atoms with Crippen LogP contribution >= 0.6 is 11.6 Å². The Kier molecular flexibility index (Phi) is 2.54. The Labute approximate surface area is 86.2 Å². The second-order valence-electron chi connectivity index (χ2n) is 3.04. The molecule has 1 N–H and O–H groups in total. The Balaban J connectivity index is 2.14. The van der Waals surface area contributed by atoms with Crippen molar-refractivity contribution < 1.29 is 9.53 Å². The number of hydrogen-bond donors (Lipinski definition) is 1. The molecule has 1 fully saturated rings. The van der Waals surface area contributed by atoms with Crippen molar-refractivity contribution in [2.45, 2.75) is 12.5 Å². The highest BCUT2D eigenvalue weighted by Crippen LogP contribution is 2.20. The average molecular weight is 213 g/mol. The summed E-state index contributed by atoms with van der Waals surface area (Å²) in [6.45, 7) is 0.444. The third-order valence-corrected chi connectivity index (χ3v) is 2.31. The summed E-state index contributed by atoms with van der Waals surface area (Å²) in [5.74, 6) is 0. The van der Waals surface area contributed by atoms with Gasteiger partial charge in [-0.2, -0.15) is 0 Å². The fourth-order valence-electron chi connectivity index (χ4n) is 1.37. The number of carbonyl (C=O) groups excluding carboxylic acids is 1. The number of aromatic nitrogens is 1. The number of carbonyl (C=O) groups is 1. The molecule has 1 atom stereocenters. The molecule has 4 nitrogen and oxygen atoms in total. The maximum absolute atomic E-state index is 10.9. The quantitative estimate of drug-likeness (QED) is 0.724. The fraction of sp³-hybridized carbons (Fsp3) is 0.333. The molecule has 1 aromatic rings. The molecule has 14 heavy (non-hydrogen) atoms. The van der Waals surface area contributed by atoms with E-state index in [0.29, 0.717) is 11.8 Å². The molecular formula is C9H9ClN2O2. The van der Waals surface area contributed by atoms with E-state index in [9.17, 15) is 4.79 Å². The van der Waals surface area contributed by atoms with E-state index in [1.807, 2.05) is 6.07 Å². The normalized spacial score (nSPS) is 21.2. The van der Waals surface area contributed by atoms with Gasteiger partial charge in [0, 0.05) is 12.6 Å². The Morgan fingerprint density at radius 1 is 1.57 bits per heavy atom. The first-order valence-electron chi connectivity index (χ1n) is 4.30. The van der Waals surface area contributed by atoms with Gasteiger partial charge in [-0.1, -0.05) is 17.7 Å². The molecule has 1 saturated heterocycles. The van der Waals surface area contributed by atoms with Gasteiger partial charge in [0.25, 0.3) is 0 Å². The monoisotopic (exact) mass is 212 g/mol. The molecule has 0 aromatic carbocycles. The van der Waals surface area contributed by atoms with Gasteiger partial charge >= 0.3 is 6.09 Å². The second kappa shape index (κ2) is 3.84. The average Bonchev–Trinajstić information content (AvgIpc) is 2.19. The molecule has 0 spiro atoms. The molecule has 0 saturated carbocycles. The molecule has 1 unspecified atom stereocenters. The molecule has 0 bridgehead atoms. The van der Waals surface area contributed by atoms with Crippen LogP contribution in [0, 0.1) is 0 Å². The van der Waals surface area contributed by atoms with E-state index in [4.69, 9.17) is 16.3 Å². The van der Waals surface area contributed by atoms with Crippen LogP contribution in [-0.4, -0.2) is 17.7 Å². The predicted molar refractivity (Wildman–Crippen MR) is 51.1 cm³/mol. The highest BCUT2D eigenvalue weighted by Gasteiger charge is 2.20. The van der Waals surface area contributed by atoms with E-state index in [1.54, 1.807) is 12.3 Å². The van der Waals surface area contributed by atoms with E-state index in [-0.39, 0.29) is 12.1 Å². The van der Waals surface area contributed by atoms with Crippen LogP contribution in [0.3, 0.4) is 0 Å². The largest absolute Gasteiger partial charge is 0.449 e. The van der Waals surface area contributed by atoms with Crippen molar-refractivity contribution in [3.63, 3.8) is 0 Å². The molecule has 74 valence electrons. The molecule has 1 aliphatic rings. The molecule has 1 aromatic heterocycles. The van der Waals surface area contributed by atoms with Crippen LogP contribution in [0.5, 0.6) is 0 Å². The molecule has 5 heteroatoms. The lowest BCUT2D eigenvalue weighted by Gasteiger charge is -2.23. The summed E-state index contributed by atoms with van der Waals surface area (Å²) in [5, 5.41) is 3.16. The number of cyclic esters (lactones) is 1. The lowest BCUT2D eigenvalue weighted by molar-refractivity contribution is 0.115. The van der Waals surface area contributed by atoms with E-state index in [1.165, 1.54) is 0 Å². The zero-order valence-electron chi connectivity index (χ0n) is 7.37. The molecule has 0 aliphatic carbocycles. The van der Waals surface area contributed by atoms with Crippen LogP contribution in [0.1, 0.15) is 18.0 Å². The van der Waals surface area contributed by atoms with Crippen LogP contribution in [0.25, 0.3) is 0 Å². The Hall–Kier alpha value is -1.29. The van der Waals surface area contributed by atoms with Crippen molar-refractivity contribution in [2.75, 3.05) is 6.61 Å². The summed E-state index contributed by atoms with van der Waals surface area (Å²) in [7, 11) is 0. The van der Waals surface area contributed by atoms with Gasteiger partial charge in [-0.3, -0.25) is 0 Å². The van der Waals surface area contributed by atoms with Gasteiger partial charge in [0.2, 0.25) is 0 Å². The SMILES string of the molecule is O=C1NC(c2ccc(Cl)nc2)CCO1. The minimum atomic E-state index is -0.379. The highest BCUT2D eigenvalue weighted by molar-refractivity contribution is 6.29. The maximum atomic E-state index is 10.9. The van der Waals surface area contributed by atoms with Gasteiger partial charge < -0.3 is 10.1 Å². The van der Waals surface area contributed by atoms with Gasteiger partial charge in [-0.05, 0) is 11.6 Å². The van der Waals surface area contributed by atoms with Gasteiger partial charge in [-0.25, -0.2) is 9.78 Å². The smallest absolute Gasteiger partial charge is 0.407 e. The number of pyridine rings is 1. The van der Waals surface area contributed by atoms with E-state index >= 15 is 0 Å². The van der Waals surface area contributed by atoms with Crippen molar-refractivity contribution in [2.24, 2.45) is 0 Å². The lowest BCUT2D eigenvalue weighted by atomic mass is 10.1. The maximum Gasteiger partial charge on any atom is 0.407 e. The number of amides is 1. The fourth-order valence-corrected chi connectivity index (χ4v) is 1.48. The number of nitrogens with one attached hydrogen (secondary N) is 1. The Morgan fingerprint density at radius 3 is 3.07 bits per heavy atom. The van der Waals surface area contributed by atoms with E-state index in [0.717, 1.165) is 12.0 Å². The first-order valence-corrected chi connectivity index (χ1v) is 4.68. The van der Waals surface area contributed by atoms with Gasteiger partial charge in [0.05, 0.1) is 12.6 Å². The highest BCUT2D eigenvalue weighted by atomic mass is 35.5. The van der Waals surface area contributed by atoms with Gasteiger partial charge in [0.15, 0.2) is 0 Å². The number of hydrogen-bond acceptors (Lipinski definition) is 3. The summed E-state index contributed by atoms with van der Waals surface area (Å²) < 4.78 is 4.76. The summed E-state index contributed by atoms with van der Waals surface area (Å²) in [5.41, 5.74) is 0.950. The molecular weight excluding hydrogens is 204 g/mol. The standard InChI is InChI=1S/C9H9ClN2O2/c10-8-2-1-6(5-11-8)7-3-4-14-9(13)12-7/h1-2,5,7H,3-4H2,(H,12,13). The molecule has 2 heterocycles. The Morgan fingerprint density at radius 2 is 2.43 bits per heavy atom. The van der Waals surface area contributed by atoms with E-state index in [2.05, 4.69) is 10.3 Å². The predicted octanol–water partition coefficient (Wildman–Crippen LogP) is 1.91. The topological polar surface area (TPSA) is 51.2 Å². The zero-order chi connectivity index (χ0) is 9.97. The third-order valence-electron chi connectivity index (χ3n) is 2.08.